The Morgan fingerprint density at radius 2 is 1.90 bits per heavy atom. The molecule has 2 heterocycles. The Kier molecular flexibility index (Phi) is 6.77. The van der Waals surface area contributed by atoms with Crippen molar-refractivity contribution in [2.45, 2.75) is 84.3 Å². The molecule has 2 amide bonds. The fourth-order valence-electron chi connectivity index (χ4n) is 3.57. The van der Waals surface area contributed by atoms with Crippen LogP contribution in [0.15, 0.2) is 4.52 Å². The largest absolute Gasteiger partial charge is 0.438 e. The fourth-order valence-corrected chi connectivity index (χ4v) is 3.57. The van der Waals surface area contributed by atoms with Crippen LogP contribution in [0.25, 0.3) is 0 Å². The Morgan fingerprint density at radius 3 is 2.47 bits per heavy atom. The second kappa shape index (κ2) is 9.14. The number of ether oxygens (including phenoxy) is 1. The number of aromatic nitrogens is 2. The summed E-state index contributed by atoms with van der Waals surface area (Å²) in [6.45, 7) is 9.17. The lowest BCUT2D eigenvalue weighted by molar-refractivity contribution is -0.133. The first-order valence-corrected chi connectivity index (χ1v) is 10.8. The van der Waals surface area contributed by atoms with Crippen LogP contribution >= 0.6 is 0 Å². The molecule has 1 aromatic rings. The number of amides is 2. The van der Waals surface area contributed by atoms with Gasteiger partial charge in [-0.1, -0.05) is 32.9 Å². The Morgan fingerprint density at radius 1 is 1.23 bits per heavy atom. The standard InChI is InChI=1S/C21H32N4O5/c1-5-15(16(26)17-23-18(30-24-17)13-8-9-13)29-20(28)22-14(12-21(2,3)4)19(27)25-10-6-7-11-25/h13-15H,5-12H2,1-4H3,(H,22,28)/t14-,15-/m0/s1. The summed E-state index contributed by atoms with van der Waals surface area (Å²) in [4.78, 5) is 44.0. The van der Waals surface area contributed by atoms with E-state index in [1.807, 2.05) is 20.8 Å². The Hall–Kier alpha value is -2.45. The number of carbonyl (C=O) groups is 3. The average Bonchev–Trinajstić information content (AvgIpc) is 3.18. The SMILES string of the molecule is CC[C@H](OC(=O)N[C@@H](CC(C)(C)C)C(=O)N1CCCC1)C(=O)c1noc(C2CC2)n1. The minimum absolute atomic E-state index is 0.0732. The van der Waals surface area contributed by atoms with E-state index < -0.39 is 24.0 Å². The quantitative estimate of drug-likeness (QED) is 0.643. The zero-order valence-corrected chi connectivity index (χ0v) is 18.3. The summed E-state index contributed by atoms with van der Waals surface area (Å²) >= 11 is 0. The van der Waals surface area contributed by atoms with E-state index in [1.165, 1.54) is 0 Å². The molecule has 0 radical (unpaired) electrons. The Balaban J connectivity index is 1.62. The number of hydrogen-bond acceptors (Lipinski definition) is 7. The molecule has 2 atom stereocenters. The molecule has 1 aliphatic heterocycles. The van der Waals surface area contributed by atoms with E-state index in [0.717, 1.165) is 25.7 Å². The van der Waals surface area contributed by atoms with Gasteiger partial charge < -0.3 is 19.5 Å². The average molecular weight is 421 g/mol. The van der Waals surface area contributed by atoms with Gasteiger partial charge in [-0.25, -0.2) is 4.79 Å². The topological polar surface area (TPSA) is 115 Å². The van der Waals surface area contributed by atoms with Crippen LogP contribution in [0.5, 0.6) is 0 Å². The van der Waals surface area contributed by atoms with Crippen LogP contribution < -0.4 is 5.32 Å². The summed E-state index contributed by atoms with van der Waals surface area (Å²) in [6, 6.07) is -0.699. The van der Waals surface area contributed by atoms with Crippen LogP contribution in [0.1, 0.15) is 88.6 Å². The maximum Gasteiger partial charge on any atom is 0.408 e. The molecule has 9 heteroatoms. The van der Waals surface area contributed by atoms with Crippen LogP contribution in [-0.2, 0) is 9.53 Å². The molecule has 30 heavy (non-hydrogen) atoms. The molecule has 1 N–H and O–H groups in total. The van der Waals surface area contributed by atoms with E-state index in [4.69, 9.17) is 9.26 Å². The highest BCUT2D eigenvalue weighted by Gasteiger charge is 2.35. The molecule has 1 aromatic heterocycles. The van der Waals surface area contributed by atoms with E-state index in [0.29, 0.717) is 25.4 Å². The van der Waals surface area contributed by atoms with Gasteiger partial charge in [0.2, 0.25) is 23.4 Å². The van der Waals surface area contributed by atoms with Crippen molar-refractivity contribution in [1.29, 1.82) is 0 Å². The van der Waals surface area contributed by atoms with Gasteiger partial charge in [0.05, 0.1) is 0 Å². The lowest BCUT2D eigenvalue weighted by atomic mass is 9.87. The predicted octanol–water partition coefficient (Wildman–Crippen LogP) is 3.06. The summed E-state index contributed by atoms with van der Waals surface area (Å²) in [5.41, 5.74) is -0.169. The molecule has 0 bridgehead atoms. The summed E-state index contributed by atoms with van der Waals surface area (Å²) in [7, 11) is 0. The van der Waals surface area contributed by atoms with Crippen molar-refractivity contribution in [3.8, 4) is 0 Å². The van der Waals surface area contributed by atoms with E-state index >= 15 is 0 Å². The first-order valence-electron chi connectivity index (χ1n) is 10.8. The first kappa shape index (κ1) is 22.2. The highest BCUT2D eigenvalue weighted by molar-refractivity contribution is 5.97. The number of Topliss-reactive ketones (excluding diaryl/α,β-unsaturated/α-hetero) is 1. The van der Waals surface area contributed by atoms with Crippen LogP contribution in [0.3, 0.4) is 0 Å². The number of alkyl carbamates (subject to hydrolysis) is 1. The van der Waals surface area contributed by atoms with Crippen LogP contribution in [0, 0.1) is 5.41 Å². The van der Waals surface area contributed by atoms with Gasteiger partial charge in [0.25, 0.3) is 0 Å². The zero-order valence-electron chi connectivity index (χ0n) is 18.3. The summed E-state index contributed by atoms with van der Waals surface area (Å²) < 4.78 is 10.5. The van der Waals surface area contributed by atoms with Crippen molar-refractivity contribution in [2.75, 3.05) is 13.1 Å². The van der Waals surface area contributed by atoms with E-state index in [1.54, 1.807) is 11.8 Å². The smallest absolute Gasteiger partial charge is 0.408 e. The second-order valence-corrected chi connectivity index (χ2v) is 9.39. The van der Waals surface area contributed by atoms with Crippen molar-refractivity contribution in [2.24, 2.45) is 5.41 Å². The van der Waals surface area contributed by atoms with Crippen molar-refractivity contribution in [1.82, 2.24) is 20.4 Å². The Bertz CT molecular complexity index is 775. The predicted molar refractivity (Wildman–Crippen MR) is 108 cm³/mol. The molecule has 2 aliphatic rings. The maximum absolute atomic E-state index is 12.9. The number of nitrogens with zero attached hydrogens (tertiary/aromatic N) is 3. The third kappa shape index (κ3) is 5.79. The molecule has 3 rings (SSSR count). The van der Waals surface area contributed by atoms with Gasteiger partial charge in [-0.3, -0.25) is 9.59 Å². The van der Waals surface area contributed by atoms with Crippen molar-refractivity contribution < 1.29 is 23.6 Å². The number of hydrogen-bond donors (Lipinski definition) is 1. The third-order valence-corrected chi connectivity index (χ3v) is 5.33. The van der Waals surface area contributed by atoms with Gasteiger partial charge in [-0.05, 0) is 43.9 Å². The van der Waals surface area contributed by atoms with Crippen molar-refractivity contribution in [3.63, 3.8) is 0 Å². The highest BCUT2D eigenvalue weighted by Crippen LogP contribution is 2.38. The number of nitrogens with one attached hydrogen (secondary N) is 1. The van der Waals surface area contributed by atoms with Crippen LogP contribution in [-0.4, -0.2) is 58.1 Å². The molecule has 0 aromatic carbocycles. The van der Waals surface area contributed by atoms with Gasteiger partial charge in [0, 0.05) is 19.0 Å². The molecule has 0 spiro atoms. The summed E-state index contributed by atoms with van der Waals surface area (Å²) in [5, 5.41) is 6.42. The van der Waals surface area contributed by atoms with Gasteiger partial charge in [0.15, 0.2) is 6.10 Å². The van der Waals surface area contributed by atoms with Gasteiger partial charge >= 0.3 is 6.09 Å². The number of ketones is 1. The molecule has 1 saturated carbocycles. The molecule has 2 fully saturated rings. The van der Waals surface area contributed by atoms with E-state index in [-0.39, 0.29) is 29.5 Å². The maximum atomic E-state index is 12.9. The lowest BCUT2D eigenvalue weighted by Gasteiger charge is -2.29. The summed E-state index contributed by atoms with van der Waals surface area (Å²) in [6.07, 6.45) is 2.81. The van der Waals surface area contributed by atoms with E-state index in [9.17, 15) is 14.4 Å². The monoisotopic (exact) mass is 420 g/mol. The molecule has 9 nitrogen and oxygen atoms in total. The van der Waals surface area contributed by atoms with Gasteiger partial charge in [-0.2, -0.15) is 4.98 Å². The van der Waals surface area contributed by atoms with E-state index in [2.05, 4.69) is 15.5 Å². The highest BCUT2D eigenvalue weighted by atomic mass is 16.6. The molecular formula is C21H32N4O5. The molecule has 166 valence electrons. The van der Waals surface area contributed by atoms with Crippen molar-refractivity contribution in [3.05, 3.63) is 11.7 Å². The van der Waals surface area contributed by atoms with Crippen LogP contribution in [0.2, 0.25) is 0 Å². The Labute approximate surface area is 176 Å². The minimum Gasteiger partial charge on any atom is -0.438 e. The van der Waals surface area contributed by atoms with Crippen molar-refractivity contribution >= 4 is 17.8 Å². The van der Waals surface area contributed by atoms with Gasteiger partial charge in [0.1, 0.15) is 6.04 Å². The minimum atomic E-state index is -1.04. The normalized spacial score (nSPS) is 18.7. The number of rotatable bonds is 8. The van der Waals surface area contributed by atoms with Crippen LogP contribution in [0.4, 0.5) is 4.79 Å². The van der Waals surface area contributed by atoms with Gasteiger partial charge in [-0.15, -0.1) is 0 Å². The summed E-state index contributed by atoms with van der Waals surface area (Å²) in [5.74, 6) is 0.0145. The zero-order chi connectivity index (χ0) is 21.9. The molecular weight excluding hydrogens is 388 g/mol. The first-order chi connectivity index (χ1) is 14.2. The second-order valence-electron chi connectivity index (χ2n) is 9.39. The molecule has 1 saturated heterocycles. The molecule has 1 aliphatic carbocycles. The number of carbonyl (C=O) groups excluding carboxylic acids is 3. The lowest BCUT2D eigenvalue weighted by Crippen LogP contribution is -2.50. The fraction of sp³-hybridized carbons (Fsp3) is 0.762. The molecule has 0 unspecified atom stereocenters. The third-order valence-electron chi connectivity index (χ3n) is 5.33. The number of likely N-dealkylation sites (tertiary alicyclic amines) is 1.